The lowest BCUT2D eigenvalue weighted by atomic mass is 10.2. The molecule has 1 rings (SSSR count). The average molecular weight is 233 g/mol. The van der Waals surface area contributed by atoms with E-state index in [0.29, 0.717) is 5.56 Å². The molecule has 0 aromatic carbocycles. The molecule has 6 nitrogen and oxygen atoms in total. The number of rotatable bonds is 3. The van der Waals surface area contributed by atoms with Crippen molar-refractivity contribution >= 4 is 11.9 Å². The van der Waals surface area contributed by atoms with E-state index in [-0.39, 0.29) is 5.69 Å². The van der Waals surface area contributed by atoms with Gasteiger partial charge in [-0.05, 0) is 19.1 Å². The molecule has 1 atom stereocenters. The van der Waals surface area contributed by atoms with Gasteiger partial charge >= 0.3 is 5.97 Å². The third-order valence-electron chi connectivity index (χ3n) is 2.03. The molecule has 1 unspecified atom stereocenters. The normalized spacial score (nSPS) is 11.1. The second kappa shape index (κ2) is 5.61. The van der Waals surface area contributed by atoms with Crippen LogP contribution in [0.3, 0.4) is 0 Å². The summed E-state index contributed by atoms with van der Waals surface area (Å²) >= 11 is 0. The maximum atomic E-state index is 11.6. The van der Waals surface area contributed by atoms with Crippen molar-refractivity contribution in [3.05, 3.63) is 29.6 Å². The Morgan fingerprint density at radius 2 is 2.24 bits per heavy atom. The Kier molecular flexibility index (Phi) is 4.17. The Hall–Kier alpha value is -2.42. The zero-order valence-electron chi connectivity index (χ0n) is 9.43. The molecule has 0 fully saturated rings. The van der Waals surface area contributed by atoms with Gasteiger partial charge in [0.1, 0.15) is 17.8 Å². The Morgan fingerprint density at radius 3 is 2.71 bits per heavy atom. The van der Waals surface area contributed by atoms with Crippen LogP contribution in [0.2, 0.25) is 0 Å². The highest BCUT2D eigenvalue weighted by atomic mass is 16.5. The summed E-state index contributed by atoms with van der Waals surface area (Å²) in [6.45, 7) is 1.51. The number of hydrogen-bond donors (Lipinski definition) is 1. The van der Waals surface area contributed by atoms with Gasteiger partial charge in [-0.15, -0.1) is 0 Å². The molecule has 0 aliphatic rings. The van der Waals surface area contributed by atoms with Gasteiger partial charge in [0, 0.05) is 6.20 Å². The molecule has 0 saturated heterocycles. The Bertz CT molecular complexity index is 462. The summed E-state index contributed by atoms with van der Waals surface area (Å²) in [6, 6.07) is 4.04. The Morgan fingerprint density at radius 1 is 1.53 bits per heavy atom. The lowest BCUT2D eigenvalue weighted by Gasteiger charge is -2.10. The Labute approximate surface area is 98.2 Å². The number of carbonyl (C=O) groups excluding carboxylic acids is 2. The number of pyridine rings is 1. The van der Waals surface area contributed by atoms with Crippen molar-refractivity contribution in [1.29, 1.82) is 5.26 Å². The minimum atomic E-state index is -0.745. The third kappa shape index (κ3) is 3.28. The molecular weight excluding hydrogens is 222 g/mol. The summed E-state index contributed by atoms with van der Waals surface area (Å²) in [6.07, 6.45) is 1.29. The first-order valence-electron chi connectivity index (χ1n) is 4.83. The predicted octanol–water partition coefficient (Wildman–Crippen LogP) is 0.245. The SMILES string of the molecule is COC(=O)C(C)NC(=O)c1ccc(C#N)cn1. The van der Waals surface area contributed by atoms with E-state index in [0.717, 1.165) is 0 Å². The van der Waals surface area contributed by atoms with Gasteiger partial charge in [-0.3, -0.25) is 4.79 Å². The molecule has 1 aromatic rings. The molecule has 0 bridgehead atoms. The van der Waals surface area contributed by atoms with Gasteiger partial charge in [-0.2, -0.15) is 5.26 Å². The summed E-state index contributed by atoms with van der Waals surface area (Å²) in [4.78, 5) is 26.5. The number of hydrogen-bond acceptors (Lipinski definition) is 5. The van der Waals surface area contributed by atoms with Crippen molar-refractivity contribution in [2.45, 2.75) is 13.0 Å². The second-order valence-electron chi connectivity index (χ2n) is 3.26. The van der Waals surface area contributed by atoms with E-state index in [9.17, 15) is 9.59 Å². The lowest BCUT2D eigenvalue weighted by Crippen LogP contribution is -2.39. The number of carbonyl (C=O) groups is 2. The second-order valence-corrected chi connectivity index (χ2v) is 3.26. The number of nitriles is 1. The van der Waals surface area contributed by atoms with Crippen LogP contribution in [0.1, 0.15) is 23.0 Å². The van der Waals surface area contributed by atoms with E-state index >= 15 is 0 Å². The van der Waals surface area contributed by atoms with E-state index in [1.54, 1.807) is 0 Å². The number of aromatic nitrogens is 1. The van der Waals surface area contributed by atoms with Crippen LogP contribution >= 0.6 is 0 Å². The fourth-order valence-electron chi connectivity index (χ4n) is 1.10. The molecule has 0 saturated carbocycles. The van der Waals surface area contributed by atoms with Crippen LogP contribution in [-0.4, -0.2) is 30.0 Å². The van der Waals surface area contributed by atoms with Crippen LogP contribution in [0.25, 0.3) is 0 Å². The van der Waals surface area contributed by atoms with Crippen molar-refractivity contribution < 1.29 is 14.3 Å². The molecule has 1 N–H and O–H groups in total. The molecule has 0 aliphatic heterocycles. The molecule has 0 spiro atoms. The summed E-state index contributed by atoms with van der Waals surface area (Å²) in [5.74, 6) is -1.03. The summed E-state index contributed by atoms with van der Waals surface area (Å²) in [7, 11) is 1.24. The number of nitrogens with one attached hydrogen (secondary N) is 1. The average Bonchev–Trinajstić information content (AvgIpc) is 2.37. The highest BCUT2D eigenvalue weighted by molar-refractivity contribution is 5.95. The summed E-state index contributed by atoms with van der Waals surface area (Å²) < 4.78 is 4.47. The minimum absolute atomic E-state index is 0.139. The quantitative estimate of drug-likeness (QED) is 0.755. The number of ether oxygens (including phenoxy) is 1. The number of nitrogens with zero attached hydrogens (tertiary/aromatic N) is 2. The van der Waals surface area contributed by atoms with Crippen LogP contribution in [0.15, 0.2) is 18.3 Å². The van der Waals surface area contributed by atoms with Gasteiger partial charge in [0.2, 0.25) is 0 Å². The first-order chi connectivity index (χ1) is 8.08. The zero-order chi connectivity index (χ0) is 12.8. The first-order valence-corrected chi connectivity index (χ1v) is 4.83. The van der Waals surface area contributed by atoms with Crippen molar-refractivity contribution in [2.24, 2.45) is 0 Å². The maximum Gasteiger partial charge on any atom is 0.328 e. The number of esters is 1. The molecule has 1 amide bonds. The fourth-order valence-corrected chi connectivity index (χ4v) is 1.10. The van der Waals surface area contributed by atoms with Crippen molar-refractivity contribution in [2.75, 3.05) is 7.11 Å². The molecule has 1 heterocycles. The minimum Gasteiger partial charge on any atom is -0.467 e. The lowest BCUT2D eigenvalue weighted by molar-refractivity contribution is -0.142. The third-order valence-corrected chi connectivity index (χ3v) is 2.03. The first kappa shape index (κ1) is 12.6. The predicted molar refractivity (Wildman–Crippen MR) is 57.9 cm³/mol. The smallest absolute Gasteiger partial charge is 0.328 e. The van der Waals surface area contributed by atoms with Gasteiger partial charge < -0.3 is 10.1 Å². The van der Waals surface area contributed by atoms with E-state index < -0.39 is 17.9 Å². The van der Waals surface area contributed by atoms with Crippen LogP contribution in [0.5, 0.6) is 0 Å². The van der Waals surface area contributed by atoms with E-state index in [2.05, 4.69) is 15.0 Å². The molecule has 6 heteroatoms. The van der Waals surface area contributed by atoms with Crippen LogP contribution in [0, 0.1) is 11.3 Å². The molecule has 17 heavy (non-hydrogen) atoms. The van der Waals surface area contributed by atoms with Crippen LogP contribution in [-0.2, 0) is 9.53 Å². The van der Waals surface area contributed by atoms with Gasteiger partial charge in [-0.1, -0.05) is 0 Å². The summed E-state index contributed by atoms with van der Waals surface area (Å²) in [5.41, 5.74) is 0.502. The van der Waals surface area contributed by atoms with Gasteiger partial charge in [-0.25, -0.2) is 9.78 Å². The van der Waals surface area contributed by atoms with Crippen molar-refractivity contribution in [3.63, 3.8) is 0 Å². The molecule has 88 valence electrons. The van der Waals surface area contributed by atoms with Gasteiger partial charge in [0.15, 0.2) is 0 Å². The van der Waals surface area contributed by atoms with Crippen molar-refractivity contribution in [1.82, 2.24) is 10.3 Å². The maximum absolute atomic E-state index is 11.6. The van der Waals surface area contributed by atoms with Crippen LogP contribution in [0.4, 0.5) is 0 Å². The molecular formula is C11H11N3O3. The monoisotopic (exact) mass is 233 g/mol. The molecule has 1 aromatic heterocycles. The zero-order valence-corrected chi connectivity index (χ0v) is 9.43. The largest absolute Gasteiger partial charge is 0.467 e. The number of amides is 1. The highest BCUT2D eigenvalue weighted by Gasteiger charge is 2.17. The summed E-state index contributed by atoms with van der Waals surface area (Å²) in [5, 5.41) is 11.0. The topological polar surface area (TPSA) is 92.1 Å². The van der Waals surface area contributed by atoms with Gasteiger partial charge in [0.25, 0.3) is 5.91 Å². The van der Waals surface area contributed by atoms with Crippen molar-refractivity contribution in [3.8, 4) is 6.07 Å². The van der Waals surface area contributed by atoms with E-state index in [1.165, 1.54) is 32.4 Å². The highest BCUT2D eigenvalue weighted by Crippen LogP contribution is 1.99. The van der Waals surface area contributed by atoms with E-state index in [4.69, 9.17) is 5.26 Å². The molecule has 0 aliphatic carbocycles. The Balaban J connectivity index is 2.70. The fraction of sp³-hybridized carbons (Fsp3) is 0.273. The van der Waals surface area contributed by atoms with Crippen LogP contribution < -0.4 is 5.32 Å². The standard InChI is InChI=1S/C11H11N3O3/c1-7(11(16)17-2)14-10(15)9-4-3-8(5-12)6-13-9/h3-4,6-7H,1-2H3,(H,14,15). The van der Waals surface area contributed by atoms with E-state index in [1.807, 2.05) is 6.07 Å². The number of methoxy groups -OCH3 is 1. The van der Waals surface area contributed by atoms with Gasteiger partial charge in [0.05, 0.1) is 12.7 Å². The molecule has 0 radical (unpaired) electrons.